The summed E-state index contributed by atoms with van der Waals surface area (Å²) < 4.78 is 1.03. The number of carbonyl (C=O) groups excluding carboxylic acids is 1. The average Bonchev–Trinajstić information content (AvgIpc) is 3.11. The molecule has 1 aromatic heterocycles. The number of nitrogens with zero attached hydrogens (tertiary/aromatic N) is 2. The molecule has 4 rings (SSSR count). The molecule has 2 amide bonds. The van der Waals surface area contributed by atoms with Gasteiger partial charge >= 0.3 is 6.03 Å². The van der Waals surface area contributed by atoms with Crippen molar-refractivity contribution >= 4 is 43.9 Å². The van der Waals surface area contributed by atoms with Crippen molar-refractivity contribution in [1.82, 2.24) is 15.2 Å². The molecule has 2 aliphatic rings. The lowest BCUT2D eigenvalue weighted by atomic mass is 9.93. The van der Waals surface area contributed by atoms with Crippen molar-refractivity contribution in [2.24, 2.45) is 0 Å². The van der Waals surface area contributed by atoms with E-state index < -0.39 is 0 Å². The van der Waals surface area contributed by atoms with Gasteiger partial charge in [0.25, 0.3) is 0 Å². The molecule has 30 heavy (non-hydrogen) atoms. The molecule has 0 unspecified atom stereocenters. The van der Waals surface area contributed by atoms with Crippen LogP contribution in [0.4, 0.5) is 9.93 Å². The summed E-state index contributed by atoms with van der Waals surface area (Å²) in [5.74, 6) is 0. The van der Waals surface area contributed by atoms with Gasteiger partial charge in [-0.3, -0.25) is 5.32 Å². The van der Waals surface area contributed by atoms with Gasteiger partial charge in [-0.1, -0.05) is 54.4 Å². The quantitative estimate of drug-likeness (QED) is 0.673. The smallest absolute Gasteiger partial charge is 0.321 e. The molecular formula is C24H24N4OS. The Morgan fingerprint density at radius 2 is 2.07 bits per heavy atom. The van der Waals surface area contributed by atoms with Crippen molar-refractivity contribution < 1.29 is 4.79 Å². The van der Waals surface area contributed by atoms with Crippen LogP contribution in [0.3, 0.4) is 0 Å². The fourth-order valence-corrected chi connectivity index (χ4v) is 4.39. The van der Waals surface area contributed by atoms with Crippen molar-refractivity contribution in [1.29, 1.82) is 0 Å². The molecule has 0 bridgehead atoms. The van der Waals surface area contributed by atoms with Gasteiger partial charge in [-0.2, -0.15) is 0 Å². The van der Waals surface area contributed by atoms with E-state index in [1.54, 1.807) is 0 Å². The third-order valence-electron chi connectivity index (χ3n) is 4.97. The Balaban J connectivity index is 1.85. The Morgan fingerprint density at radius 3 is 2.80 bits per heavy atom. The Bertz CT molecular complexity index is 1180. The SMILES string of the molecule is C=C1C=C(c2cc(C3=CN(C)C(=C)C=C3)c3sc(NC(=O)NCC)nc3c2)C=CC1. The molecule has 6 heteroatoms. The second-order valence-electron chi connectivity index (χ2n) is 7.26. The molecule has 0 atom stereocenters. The predicted octanol–water partition coefficient (Wildman–Crippen LogP) is 5.69. The molecule has 1 aromatic carbocycles. The molecule has 1 aliphatic heterocycles. The highest BCUT2D eigenvalue weighted by Gasteiger charge is 2.17. The number of carbonyl (C=O) groups is 1. The summed E-state index contributed by atoms with van der Waals surface area (Å²) >= 11 is 1.48. The summed E-state index contributed by atoms with van der Waals surface area (Å²) in [7, 11) is 1.98. The Labute approximate surface area is 180 Å². The fourth-order valence-electron chi connectivity index (χ4n) is 3.41. The molecule has 152 valence electrons. The predicted molar refractivity (Wildman–Crippen MR) is 127 cm³/mol. The van der Waals surface area contributed by atoms with E-state index in [0.717, 1.165) is 50.2 Å². The van der Waals surface area contributed by atoms with E-state index in [0.29, 0.717) is 11.7 Å². The van der Waals surface area contributed by atoms with Gasteiger partial charge in [0.1, 0.15) is 0 Å². The third-order valence-corrected chi connectivity index (χ3v) is 5.99. The number of fused-ring (bicyclic) bond motifs is 1. The zero-order valence-electron chi connectivity index (χ0n) is 17.2. The van der Waals surface area contributed by atoms with E-state index in [2.05, 4.69) is 71.4 Å². The first-order valence-electron chi connectivity index (χ1n) is 9.82. The zero-order valence-corrected chi connectivity index (χ0v) is 18.0. The summed E-state index contributed by atoms with van der Waals surface area (Å²) in [5, 5.41) is 6.16. The molecule has 0 spiro atoms. The number of aromatic nitrogens is 1. The van der Waals surface area contributed by atoms with E-state index in [-0.39, 0.29) is 6.03 Å². The number of urea groups is 1. The molecular weight excluding hydrogens is 392 g/mol. The molecule has 2 N–H and O–H groups in total. The Hall–Kier alpha value is -3.38. The summed E-state index contributed by atoms with van der Waals surface area (Å²) in [6.45, 7) is 10.6. The highest BCUT2D eigenvalue weighted by atomic mass is 32.1. The van der Waals surface area contributed by atoms with Gasteiger partial charge in [0.2, 0.25) is 0 Å². The maximum atomic E-state index is 12.0. The number of hydrogen-bond acceptors (Lipinski definition) is 4. The molecule has 0 fully saturated rings. The lowest BCUT2D eigenvalue weighted by Gasteiger charge is -2.21. The average molecular weight is 417 g/mol. The number of hydrogen-bond donors (Lipinski definition) is 2. The lowest BCUT2D eigenvalue weighted by Crippen LogP contribution is -2.28. The minimum absolute atomic E-state index is 0.250. The van der Waals surface area contributed by atoms with Gasteiger partial charge in [0.05, 0.1) is 10.2 Å². The topological polar surface area (TPSA) is 57.3 Å². The first kappa shape index (κ1) is 19.9. The minimum Gasteiger partial charge on any atom is -0.351 e. The number of thiazole rings is 1. The Morgan fingerprint density at radius 1 is 1.23 bits per heavy atom. The first-order chi connectivity index (χ1) is 14.4. The van der Waals surface area contributed by atoms with Crippen LogP contribution in [0.5, 0.6) is 0 Å². The van der Waals surface area contributed by atoms with Crippen LogP contribution in [0.15, 0.2) is 73.1 Å². The maximum Gasteiger partial charge on any atom is 0.321 e. The third kappa shape index (κ3) is 4.00. The van der Waals surface area contributed by atoms with Crippen LogP contribution in [-0.4, -0.2) is 29.5 Å². The normalized spacial score (nSPS) is 16.0. The second kappa shape index (κ2) is 8.16. The van der Waals surface area contributed by atoms with Crippen LogP contribution in [0.2, 0.25) is 0 Å². The molecule has 1 aliphatic carbocycles. The van der Waals surface area contributed by atoms with Gasteiger partial charge in [0, 0.05) is 31.1 Å². The Kier molecular flexibility index (Phi) is 5.42. The van der Waals surface area contributed by atoms with Crippen molar-refractivity contribution in [3.8, 4) is 0 Å². The van der Waals surface area contributed by atoms with Crippen LogP contribution in [0, 0.1) is 0 Å². The summed E-state index contributed by atoms with van der Waals surface area (Å²) in [6, 6.07) is 4.01. The highest BCUT2D eigenvalue weighted by molar-refractivity contribution is 7.22. The fraction of sp³-hybridized carbons (Fsp3) is 0.167. The van der Waals surface area contributed by atoms with Gasteiger partial charge in [0.15, 0.2) is 5.13 Å². The van der Waals surface area contributed by atoms with Crippen LogP contribution in [0.25, 0.3) is 21.4 Å². The van der Waals surface area contributed by atoms with Crippen molar-refractivity contribution in [3.05, 3.63) is 84.3 Å². The molecule has 2 heterocycles. The number of anilines is 1. The molecule has 5 nitrogen and oxygen atoms in total. The second-order valence-corrected chi connectivity index (χ2v) is 8.26. The number of rotatable bonds is 4. The molecule has 0 saturated carbocycles. The van der Waals surface area contributed by atoms with Gasteiger partial charge in [-0.05, 0) is 48.3 Å². The number of nitrogens with one attached hydrogen (secondary N) is 2. The highest BCUT2D eigenvalue weighted by Crippen LogP contribution is 2.38. The van der Waals surface area contributed by atoms with E-state index in [4.69, 9.17) is 0 Å². The first-order valence-corrected chi connectivity index (χ1v) is 10.6. The maximum absolute atomic E-state index is 12.0. The van der Waals surface area contributed by atoms with Crippen LogP contribution in [0.1, 0.15) is 24.5 Å². The summed E-state index contributed by atoms with van der Waals surface area (Å²) in [6.07, 6.45) is 13.4. The zero-order chi connectivity index (χ0) is 21.3. The minimum atomic E-state index is -0.250. The van der Waals surface area contributed by atoms with Crippen LogP contribution < -0.4 is 10.6 Å². The van der Waals surface area contributed by atoms with Gasteiger partial charge in [-0.25, -0.2) is 9.78 Å². The van der Waals surface area contributed by atoms with Crippen LogP contribution >= 0.6 is 11.3 Å². The van der Waals surface area contributed by atoms with Gasteiger partial charge < -0.3 is 10.2 Å². The van der Waals surface area contributed by atoms with Crippen molar-refractivity contribution in [2.45, 2.75) is 13.3 Å². The number of amides is 2. The summed E-state index contributed by atoms with van der Waals surface area (Å²) in [4.78, 5) is 18.7. The van der Waals surface area contributed by atoms with E-state index in [1.807, 2.05) is 24.9 Å². The molecule has 0 saturated heterocycles. The summed E-state index contributed by atoms with van der Waals surface area (Å²) in [5.41, 5.74) is 7.20. The van der Waals surface area contributed by atoms with E-state index >= 15 is 0 Å². The standard InChI is InChI=1S/C24H24N4OS/c1-5-25-23(29)27-24-26-21-13-19(17-8-6-7-15(2)11-17)12-20(22(21)30-24)18-10-9-16(3)28(4)14-18/h6,8-14H,2-3,5,7H2,1,4H3,(H2,25,26,27,29). The molecule has 2 aromatic rings. The van der Waals surface area contributed by atoms with Crippen molar-refractivity contribution in [2.75, 3.05) is 18.9 Å². The van der Waals surface area contributed by atoms with Gasteiger partial charge in [-0.15, -0.1) is 0 Å². The lowest BCUT2D eigenvalue weighted by molar-refractivity contribution is 0.252. The van der Waals surface area contributed by atoms with Crippen LogP contribution in [-0.2, 0) is 0 Å². The number of benzene rings is 1. The van der Waals surface area contributed by atoms with Crippen molar-refractivity contribution in [3.63, 3.8) is 0 Å². The van der Waals surface area contributed by atoms with E-state index in [9.17, 15) is 4.79 Å². The largest absolute Gasteiger partial charge is 0.351 e. The number of likely N-dealkylation sites (N-methyl/N-ethyl adjacent to an activating group) is 1. The monoisotopic (exact) mass is 416 g/mol. The van der Waals surface area contributed by atoms with E-state index in [1.165, 1.54) is 11.3 Å². The number of allylic oxidation sites excluding steroid dienone is 8. The molecule has 0 radical (unpaired) electrons.